The average molecular weight is 466 g/mol. The number of hydrazine groups is 1. The number of hydrogen-bond acceptors (Lipinski definition) is 8. The normalized spacial score (nSPS) is 22.8. The van der Waals surface area contributed by atoms with E-state index in [-0.39, 0.29) is 36.7 Å². The highest BCUT2D eigenvalue weighted by Gasteiger charge is 2.31. The summed E-state index contributed by atoms with van der Waals surface area (Å²) in [6.45, 7) is 7.06. The molecule has 0 radical (unpaired) electrons. The van der Waals surface area contributed by atoms with Gasteiger partial charge in [-0.05, 0) is 40.2 Å². The molecule has 0 aromatic carbocycles. The number of amides is 2. The van der Waals surface area contributed by atoms with Crippen LogP contribution in [0.4, 0.5) is 16.0 Å². The third-order valence-electron chi connectivity index (χ3n) is 6.81. The lowest BCUT2D eigenvalue weighted by molar-refractivity contribution is -0.154. The number of aromatic nitrogens is 2. The van der Waals surface area contributed by atoms with E-state index in [0.29, 0.717) is 29.8 Å². The van der Waals surface area contributed by atoms with E-state index in [1.54, 1.807) is 6.92 Å². The molecular weight excluding hydrogens is 429 g/mol. The second-order valence-corrected chi connectivity index (χ2v) is 9.47. The first kappa shape index (κ1) is 25.1. The summed E-state index contributed by atoms with van der Waals surface area (Å²) in [7, 11) is 2.04. The second-order valence-electron chi connectivity index (χ2n) is 9.47. The molecule has 2 amide bonds. The Balaban J connectivity index is 1.72. The molecule has 0 spiro atoms. The number of nitrogens with zero attached hydrogens (tertiary/aromatic N) is 5. The number of anilines is 2. The highest BCUT2D eigenvalue weighted by Crippen LogP contribution is 2.31. The number of carbonyl (C=O) groups excluding carboxylic acids is 2. The summed E-state index contributed by atoms with van der Waals surface area (Å²) in [6, 6.07) is 0.301. The average Bonchev–Trinajstić information content (AvgIpc) is 3.29. The summed E-state index contributed by atoms with van der Waals surface area (Å²) in [6.07, 6.45) is 5.10. The summed E-state index contributed by atoms with van der Waals surface area (Å²) >= 11 is 0. The Morgan fingerprint density at radius 1 is 1.27 bits per heavy atom. The van der Waals surface area contributed by atoms with Crippen molar-refractivity contribution in [2.75, 3.05) is 37.0 Å². The molecule has 11 heteroatoms. The SMILES string of the molecule is Cc1nc(NNC(=O)[C@H](CC2CCCC2)CN(O)C=O)c(F)c(N2CC(C)N(C)CC2C)n1. The van der Waals surface area contributed by atoms with Gasteiger partial charge in [-0.2, -0.15) is 4.39 Å². The largest absolute Gasteiger partial charge is 0.348 e. The Hall–Kier alpha value is -2.53. The molecule has 1 saturated heterocycles. The Morgan fingerprint density at radius 3 is 2.64 bits per heavy atom. The molecule has 3 atom stereocenters. The van der Waals surface area contributed by atoms with Gasteiger partial charge in [0.15, 0.2) is 11.6 Å². The number of carbonyl (C=O) groups is 2. The Morgan fingerprint density at radius 2 is 1.97 bits per heavy atom. The van der Waals surface area contributed by atoms with Crippen molar-refractivity contribution in [1.29, 1.82) is 0 Å². The molecule has 3 N–H and O–H groups in total. The molecule has 10 nitrogen and oxygen atoms in total. The van der Waals surface area contributed by atoms with Crippen LogP contribution in [-0.4, -0.2) is 76.2 Å². The van der Waals surface area contributed by atoms with E-state index in [4.69, 9.17) is 0 Å². The zero-order valence-corrected chi connectivity index (χ0v) is 19.9. The predicted octanol–water partition coefficient (Wildman–Crippen LogP) is 1.94. The van der Waals surface area contributed by atoms with Crippen LogP contribution >= 0.6 is 0 Å². The first-order valence-electron chi connectivity index (χ1n) is 11.7. The number of likely N-dealkylation sites (N-methyl/N-ethyl adjacent to an activating group) is 1. The number of piperazine rings is 1. The fraction of sp³-hybridized carbons (Fsp3) is 0.727. The monoisotopic (exact) mass is 465 g/mol. The molecule has 184 valence electrons. The van der Waals surface area contributed by atoms with E-state index in [0.717, 1.165) is 32.2 Å². The topological polar surface area (TPSA) is 114 Å². The van der Waals surface area contributed by atoms with Crippen LogP contribution in [0.2, 0.25) is 0 Å². The van der Waals surface area contributed by atoms with Crippen molar-refractivity contribution in [1.82, 2.24) is 25.4 Å². The quantitative estimate of drug-likeness (QED) is 0.288. The number of rotatable bonds is 9. The van der Waals surface area contributed by atoms with Crippen molar-refractivity contribution in [2.24, 2.45) is 11.8 Å². The van der Waals surface area contributed by atoms with Crippen LogP contribution < -0.4 is 15.8 Å². The molecule has 1 aromatic rings. The van der Waals surface area contributed by atoms with Gasteiger partial charge in [-0.15, -0.1) is 0 Å². The van der Waals surface area contributed by atoms with Crippen LogP contribution in [0.5, 0.6) is 0 Å². The van der Waals surface area contributed by atoms with Crippen LogP contribution in [0, 0.1) is 24.6 Å². The molecule has 1 saturated carbocycles. The van der Waals surface area contributed by atoms with Crippen molar-refractivity contribution in [2.45, 2.75) is 65.0 Å². The van der Waals surface area contributed by atoms with Crippen LogP contribution in [0.1, 0.15) is 51.8 Å². The number of hydrogen-bond donors (Lipinski definition) is 3. The maximum atomic E-state index is 15.4. The van der Waals surface area contributed by atoms with Gasteiger partial charge < -0.3 is 4.90 Å². The van der Waals surface area contributed by atoms with Crippen molar-refractivity contribution < 1.29 is 19.2 Å². The van der Waals surface area contributed by atoms with Crippen LogP contribution in [-0.2, 0) is 9.59 Å². The molecule has 33 heavy (non-hydrogen) atoms. The van der Waals surface area contributed by atoms with Crippen molar-refractivity contribution in [3.63, 3.8) is 0 Å². The van der Waals surface area contributed by atoms with Crippen LogP contribution in [0.15, 0.2) is 0 Å². The summed E-state index contributed by atoms with van der Waals surface area (Å²) < 4.78 is 15.4. The minimum absolute atomic E-state index is 0.0621. The molecule has 2 heterocycles. The van der Waals surface area contributed by atoms with Crippen LogP contribution in [0.3, 0.4) is 0 Å². The van der Waals surface area contributed by atoms with E-state index in [1.807, 2.05) is 18.9 Å². The molecule has 3 rings (SSSR count). The molecule has 1 aliphatic heterocycles. The second kappa shape index (κ2) is 11.1. The van der Waals surface area contributed by atoms with Crippen molar-refractivity contribution >= 4 is 24.0 Å². The standard InChI is InChI=1S/C22H36FN7O3/c1-14-11-30(15(2)10-28(14)4)21-19(23)20(24-16(3)25-21)26-27-22(32)18(12-29(33)13-31)9-17-7-5-6-8-17/h13-15,17-18,33H,5-12H2,1-4H3,(H,27,32)(H,24,25,26)/t14?,15?,18-/m1/s1. The lowest BCUT2D eigenvalue weighted by atomic mass is 9.92. The Kier molecular flexibility index (Phi) is 8.41. The summed E-state index contributed by atoms with van der Waals surface area (Å²) in [5.41, 5.74) is 5.14. The Bertz CT molecular complexity index is 836. The van der Waals surface area contributed by atoms with Gasteiger partial charge >= 0.3 is 0 Å². The Labute approximate surface area is 194 Å². The van der Waals surface area contributed by atoms with Gasteiger partial charge in [0.1, 0.15) is 5.82 Å². The van der Waals surface area contributed by atoms with E-state index >= 15 is 4.39 Å². The molecule has 0 bridgehead atoms. The summed E-state index contributed by atoms with van der Waals surface area (Å²) in [5, 5.41) is 10.1. The number of aryl methyl sites for hydroxylation is 1. The van der Waals surface area contributed by atoms with Gasteiger partial charge in [0, 0.05) is 25.2 Å². The highest BCUT2D eigenvalue weighted by atomic mass is 19.1. The maximum absolute atomic E-state index is 15.4. The van der Waals surface area contributed by atoms with Gasteiger partial charge in [0.25, 0.3) is 0 Å². The zero-order chi connectivity index (χ0) is 24.1. The molecule has 1 aliphatic carbocycles. The fourth-order valence-electron chi connectivity index (χ4n) is 4.82. The number of hydroxylamine groups is 2. The van der Waals surface area contributed by atoms with E-state index < -0.39 is 17.6 Å². The third kappa shape index (κ3) is 6.29. The zero-order valence-electron chi connectivity index (χ0n) is 19.9. The predicted molar refractivity (Wildman–Crippen MR) is 122 cm³/mol. The van der Waals surface area contributed by atoms with Crippen molar-refractivity contribution in [3.05, 3.63) is 11.6 Å². The van der Waals surface area contributed by atoms with Gasteiger partial charge in [-0.1, -0.05) is 25.7 Å². The third-order valence-corrected chi connectivity index (χ3v) is 6.81. The van der Waals surface area contributed by atoms with Gasteiger partial charge in [0.05, 0.1) is 12.5 Å². The highest BCUT2D eigenvalue weighted by molar-refractivity contribution is 5.80. The van der Waals surface area contributed by atoms with Gasteiger partial charge in [-0.25, -0.2) is 15.0 Å². The van der Waals surface area contributed by atoms with Gasteiger partial charge in [-0.3, -0.25) is 30.5 Å². The molecule has 2 fully saturated rings. The van der Waals surface area contributed by atoms with E-state index in [2.05, 4.69) is 32.6 Å². The van der Waals surface area contributed by atoms with Gasteiger partial charge in [0.2, 0.25) is 18.1 Å². The first-order chi connectivity index (χ1) is 15.7. The minimum Gasteiger partial charge on any atom is -0.348 e. The molecule has 1 aromatic heterocycles. The smallest absolute Gasteiger partial charge is 0.243 e. The molecule has 2 aliphatic rings. The first-order valence-corrected chi connectivity index (χ1v) is 11.7. The minimum atomic E-state index is -0.631. The molecular formula is C22H36FN7O3. The number of nitrogens with one attached hydrogen (secondary N) is 2. The summed E-state index contributed by atoms with van der Waals surface area (Å²) in [4.78, 5) is 36.4. The van der Waals surface area contributed by atoms with Crippen molar-refractivity contribution in [3.8, 4) is 0 Å². The fourth-order valence-corrected chi connectivity index (χ4v) is 4.82. The maximum Gasteiger partial charge on any atom is 0.243 e. The van der Waals surface area contributed by atoms with Crippen LogP contribution in [0.25, 0.3) is 0 Å². The lowest BCUT2D eigenvalue weighted by Crippen LogP contribution is -2.55. The lowest BCUT2D eigenvalue weighted by Gasteiger charge is -2.43. The molecule has 2 unspecified atom stereocenters. The van der Waals surface area contributed by atoms with E-state index in [1.165, 1.54) is 0 Å². The van der Waals surface area contributed by atoms with E-state index in [9.17, 15) is 14.8 Å². The number of halogens is 1. The summed E-state index contributed by atoms with van der Waals surface area (Å²) in [5.74, 6) is -0.842.